The maximum absolute atomic E-state index is 12.6. The first-order valence-electron chi connectivity index (χ1n) is 8.80. The molecule has 0 atom stereocenters. The van der Waals surface area contributed by atoms with Crippen LogP contribution in [0.5, 0.6) is 5.75 Å². The normalized spacial score (nSPS) is 11.0. The molecule has 8 heteroatoms. The number of para-hydroxylation sites is 2. The number of ether oxygens (including phenoxy) is 1. The largest absolute Gasteiger partial charge is 0.492 e. The summed E-state index contributed by atoms with van der Waals surface area (Å²) in [7, 11) is -3.77. The number of halogens is 1. The van der Waals surface area contributed by atoms with Crippen LogP contribution in [0.15, 0.2) is 82.2 Å². The van der Waals surface area contributed by atoms with E-state index in [9.17, 15) is 13.2 Å². The molecule has 0 saturated carbocycles. The monoisotopic (exact) mass is 474 g/mol. The van der Waals surface area contributed by atoms with Crippen molar-refractivity contribution in [1.82, 2.24) is 0 Å². The zero-order chi connectivity index (χ0) is 20.9. The van der Waals surface area contributed by atoms with Crippen molar-refractivity contribution in [3.63, 3.8) is 0 Å². The van der Waals surface area contributed by atoms with Crippen LogP contribution in [-0.2, 0) is 10.0 Å². The summed E-state index contributed by atoms with van der Waals surface area (Å²) in [5.41, 5.74) is 1.14. The van der Waals surface area contributed by atoms with Crippen LogP contribution in [0, 0.1) is 0 Å². The van der Waals surface area contributed by atoms with Gasteiger partial charge in [-0.2, -0.15) is 0 Å². The third-order valence-corrected chi connectivity index (χ3v) is 5.86. The molecule has 3 rings (SSSR count). The van der Waals surface area contributed by atoms with Crippen molar-refractivity contribution in [2.45, 2.75) is 11.8 Å². The summed E-state index contributed by atoms with van der Waals surface area (Å²) in [5, 5.41) is 2.79. The zero-order valence-corrected chi connectivity index (χ0v) is 18.0. The SMILES string of the molecule is CCOc1ccccc1NC(=O)c1cccc(NS(=O)(=O)c2ccc(Br)cc2)c1. The highest BCUT2D eigenvalue weighted by atomic mass is 79.9. The minimum absolute atomic E-state index is 0.126. The van der Waals surface area contributed by atoms with E-state index >= 15 is 0 Å². The molecule has 0 aliphatic carbocycles. The molecule has 29 heavy (non-hydrogen) atoms. The summed E-state index contributed by atoms with van der Waals surface area (Å²) in [5.74, 6) is 0.192. The summed E-state index contributed by atoms with van der Waals surface area (Å²) < 4.78 is 33.9. The molecular formula is C21H19BrN2O4S. The van der Waals surface area contributed by atoms with E-state index in [-0.39, 0.29) is 10.8 Å². The summed E-state index contributed by atoms with van der Waals surface area (Å²) in [6.07, 6.45) is 0. The quantitative estimate of drug-likeness (QED) is 0.509. The van der Waals surface area contributed by atoms with Gasteiger partial charge in [-0.05, 0) is 61.5 Å². The fourth-order valence-electron chi connectivity index (χ4n) is 2.60. The third-order valence-electron chi connectivity index (χ3n) is 3.94. The second kappa shape index (κ2) is 9.11. The van der Waals surface area contributed by atoms with E-state index in [1.807, 2.05) is 13.0 Å². The van der Waals surface area contributed by atoms with Crippen LogP contribution in [-0.4, -0.2) is 20.9 Å². The molecule has 0 aromatic heterocycles. The predicted molar refractivity (Wildman–Crippen MR) is 117 cm³/mol. The summed E-state index contributed by atoms with van der Waals surface area (Å²) in [6, 6.07) is 19.7. The van der Waals surface area contributed by atoms with Gasteiger partial charge in [0.2, 0.25) is 0 Å². The smallest absolute Gasteiger partial charge is 0.261 e. The number of carbonyl (C=O) groups is 1. The Morgan fingerprint density at radius 1 is 1.00 bits per heavy atom. The number of benzene rings is 3. The van der Waals surface area contributed by atoms with Crippen molar-refractivity contribution < 1.29 is 17.9 Å². The van der Waals surface area contributed by atoms with Gasteiger partial charge >= 0.3 is 0 Å². The molecule has 3 aromatic carbocycles. The summed E-state index contributed by atoms with van der Waals surface area (Å²) in [6.45, 7) is 2.33. The molecule has 0 aliphatic rings. The van der Waals surface area contributed by atoms with Gasteiger partial charge < -0.3 is 10.1 Å². The van der Waals surface area contributed by atoms with Crippen molar-refractivity contribution in [2.75, 3.05) is 16.6 Å². The Hall–Kier alpha value is -2.84. The molecule has 0 aliphatic heterocycles. The lowest BCUT2D eigenvalue weighted by atomic mass is 10.2. The number of carbonyl (C=O) groups excluding carboxylic acids is 1. The van der Waals surface area contributed by atoms with Crippen LogP contribution in [0.4, 0.5) is 11.4 Å². The van der Waals surface area contributed by atoms with Gasteiger partial charge in [-0.25, -0.2) is 8.42 Å². The first kappa shape index (κ1) is 20.9. The van der Waals surface area contributed by atoms with Crippen LogP contribution in [0.25, 0.3) is 0 Å². The van der Waals surface area contributed by atoms with E-state index in [1.54, 1.807) is 48.5 Å². The Morgan fingerprint density at radius 3 is 2.45 bits per heavy atom. The molecule has 1 amide bonds. The van der Waals surface area contributed by atoms with Crippen LogP contribution in [0.3, 0.4) is 0 Å². The lowest BCUT2D eigenvalue weighted by molar-refractivity contribution is 0.102. The Balaban J connectivity index is 1.79. The highest BCUT2D eigenvalue weighted by molar-refractivity contribution is 9.10. The number of hydrogen-bond acceptors (Lipinski definition) is 4. The molecule has 0 heterocycles. The first-order valence-corrected chi connectivity index (χ1v) is 11.1. The van der Waals surface area contributed by atoms with Gasteiger partial charge in [0, 0.05) is 15.7 Å². The lowest BCUT2D eigenvalue weighted by Gasteiger charge is -2.12. The van der Waals surface area contributed by atoms with Crippen molar-refractivity contribution in [3.8, 4) is 5.75 Å². The first-order chi connectivity index (χ1) is 13.9. The van der Waals surface area contributed by atoms with Gasteiger partial charge in [0.05, 0.1) is 17.2 Å². The van der Waals surface area contributed by atoms with Gasteiger partial charge in [0.15, 0.2) is 0 Å². The van der Waals surface area contributed by atoms with E-state index in [4.69, 9.17) is 4.74 Å². The van der Waals surface area contributed by atoms with E-state index in [0.717, 1.165) is 4.47 Å². The molecule has 0 unspecified atom stereocenters. The van der Waals surface area contributed by atoms with E-state index in [1.165, 1.54) is 18.2 Å². The maximum Gasteiger partial charge on any atom is 0.261 e. The van der Waals surface area contributed by atoms with Gasteiger partial charge in [0.1, 0.15) is 5.75 Å². The second-order valence-electron chi connectivity index (χ2n) is 6.02. The Labute approximate surface area is 178 Å². The number of sulfonamides is 1. The fraction of sp³-hybridized carbons (Fsp3) is 0.0952. The number of hydrogen-bond donors (Lipinski definition) is 2. The Kier molecular flexibility index (Phi) is 6.56. The van der Waals surface area contributed by atoms with Crippen molar-refractivity contribution in [1.29, 1.82) is 0 Å². The van der Waals surface area contributed by atoms with Crippen LogP contribution in [0.1, 0.15) is 17.3 Å². The Morgan fingerprint density at radius 2 is 1.72 bits per heavy atom. The molecule has 0 fully saturated rings. The maximum atomic E-state index is 12.6. The number of anilines is 2. The average Bonchev–Trinajstić information content (AvgIpc) is 2.70. The second-order valence-corrected chi connectivity index (χ2v) is 8.62. The van der Waals surface area contributed by atoms with Gasteiger partial charge in [-0.1, -0.05) is 34.1 Å². The van der Waals surface area contributed by atoms with Crippen LogP contribution >= 0.6 is 15.9 Å². The van der Waals surface area contributed by atoms with E-state index in [2.05, 4.69) is 26.0 Å². The van der Waals surface area contributed by atoms with E-state index in [0.29, 0.717) is 29.3 Å². The molecule has 6 nitrogen and oxygen atoms in total. The van der Waals surface area contributed by atoms with Crippen LogP contribution in [0.2, 0.25) is 0 Å². The molecule has 2 N–H and O–H groups in total. The molecule has 0 spiro atoms. The topological polar surface area (TPSA) is 84.5 Å². The van der Waals surface area contributed by atoms with Crippen LogP contribution < -0.4 is 14.8 Å². The molecule has 0 radical (unpaired) electrons. The molecule has 0 bridgehead atoms. The third kappa shape index (κ3) is 5.36. The van der Waals surface area contributed by atoms with Crippen molar-refractivity contribution in [2.24, 2.45) is 0 Å². The fourth-order valence-corrected chi connectivity index (χ4v) is 3.91. The predicted octanol–water partition coefficient (Wildman–Crippen LogP) is 4.90. The highest BCUT2D eigenvalue weighted by Gasteiger charge is 2.15. The summed E-state index contributed by atoms with van der Waals surface area (Å²) in [4.78, 5) is 12.8. The summed E-state index contributed by atoms with van der Waals surface area (Å²) >= 11 is 3.28. The minimum atomic E-state index is -3.77. The number of rotatable bonds is 7. The standard InChI is InChI=1S/C21H19BrN2O4S/c1-2-28-20-9-4-3-8-19(20)23-21(25)15-6-5-7-17(14-15)24-29(26,27)18-12-10-16(22)11-13-18/h3-14,24H,2H2,1H3,(H,23,25). The van der Waals surface area contributed by atoms with Crippen molar-refractivity contribution in [3.05, 3.63) is 82.8 Å². The molecule has 0 saturated heterocycles. The number of amides is 1. The molecule has 150 valence electrons. The van der Waals surface area contributed by atoms with Crippen molar-refractivity contribution >= 4 is 43.2 Å². The van der Waals surface area contributed by atoms with Gasteiger partial charge in [0.25, 0.3) is 15.9 Å². The molecule has 3 aromatic rings. The highest BCUT2D eigenvalue weighted by Crippen LogP contribution is 2.25. The average molecular weight is 475 g/mol. The zero-order valence-electron chi connectivity index (χ0n) is 15.6. The Bertz CT molecular complexity index is 1120. The minimum Gasteiger partial charge on any atom is -0.492 e. The lowest BCUT2D eigenvalue weighted by Crippen LogP contribution is -2.15. The van der Waals surface area contributed by atoms with E-state index < -0.39 is 10.0 Å². The van der Waals surface area contributed by atoms with Gasteiger partial charge in [-0.15, -0.1) is 0 Å². The number of nitrogens with one attached hydrogen (secondary N) is 2. The molecular weight excluding hydrogens is 456 g/mol. The van der Waals surface area contributed by atoms with Gasteiger partial charge in [-0.3, -0.25) is 9.52 Å².